The minimum absolute atomic E-state index is 0.113. The summed E-state index contributed by atoms with van der Waals surface area (Å²) in [6.07, 6.45) is 2.64. The van der Waals surface area contributed by atoms with Crippen LogP contribution in [0.3, 0.4) is 0 Å². The van der Waals surface area contributed by atoms with Crippen molar-refractivity contribution in [3.05, 3.63) is 71.9 Å². The van der Waals surface area contributed by atoms with Gasteiger partial charge < -0.3 is 24.8 Å². The number of nitrogens with one attached hydrogen (secondary N) is 1. The predicted molar refractivity (Wildman–Crippen MR) is 150 cm³/mol. The molecule has 3 heterocycles. The lowest BCUT2D eigenvalue weighted by Crippen LogP contribution is -2.55. The number of amides is 1. The molecule has 8 nitrogen and oxygen atoms in total. The van der Waals surface area contributed by atoms with E-state index in [1.54, 1.807) is 37.2 Å². The van der Waals surface area contributed by atoms with Crippen molar-refractivity contribution in [1.29, 1.82) is 0 Å². The van der Waals surface area contributed by atoms with E-state index in [4.69, 9.17) is 9.47 Å². The second-order valence-electron chi connectivity index (χ2n) is 9.86. The average Bonchev–Trinajstić information content (AvgIpc) is 3.30. The van der Waals surface area contributed by atoms with Crippen molar-refractivity contribution in [3.63, 3.8) is 0 Å². The number of ether oxygens (including phenoxy) is 2. The lowest BCUT2D eigenvalue weighted by atomic mass is 9.94. The number of fused-ring (bicyclic) bond motifs is 1. The third-order valence-electron chi connectivity index (χ3n) is 6.50. The first kappa shape index (κ1) is 25.7. The Kier molecular flexibility index (Phi) is 6.81. The van der Waals surface area contributed by atoms with E-state index in [1.807, 2.05) is 30.3 Å². The van der Waals surface area contributed by atoms with E-state index in [0.29, 0.717) is 35.9 Å². The number of likely N-dealkylation sites (tertiary alicyclic amines) is 1. The van der Waals surface area contributed by atoms with Crippen molar-refractivity contribution in [2.24, 2.45) is 0 Å². The maximum absolute atomic E-state index is 11.8. The molecule has 0 radical (unpaired) electrons. The van der Waals surface area contributed by atoms with Gasteiger partial charge in [0.25, 0.3) is 0 Å². The number of methoxy groups -OCH3 is 1. The summed E-state index contributed by atoms with van der Waals surface area (Å²) in [5.41, 5.74) is 3.35. The van der Waals surface area contributed by atoms with Crippen molar-refractivity contribution in [2.75, 3.05) is 25.5 Å². The Morgan fingerprint density at radius 3 is 2.66 bits per heavy atom. The molecule has 0 atom stereocenters. The third kappa shape index (κ3) is 5.07. The third-order valence-corrected chi connectivity index (χ3v) is 7.59. The molecule has 38 heavy (non-hydrogen) atoms. The Hall–Kier alpha value is -3.95. The van der Waals surface area contributed by atoms with Crippen LogP contribution in [0.1, 0.15) is 25.0 Å². The van der Waals surface area contributed by atoms with Crippen LogP contribution in [0.5, 0.6) is 11.5 Å². The van der Waals surface area contributed by atoms with Crippen LogP contribution in [0.15, 0.2) is 60.8 Å². The number of anilines is 2. The number of benzene rings is 2. The molecule has 0 saturated carbocycles. The fourth-order valence-corrected chi connectivity index (χ4v) is 5.36. The second kappa shape index (κ2) is 10.1. The first-order valence-electron chi connectivity index (χ1n) is 12.3. The number of rotatable bonds is 8. The number of carbonyl (C=O) groups excluding carboxylic acids is 1. The van der Waals surface area contributed by atoms with Crippen LogP contribution in [-0.2, 0) is 10.4 Å². The molecule has 0 aliphatic carbocycles. The van der Waals surface area contributed by atoms with Gasteiger partial charge in [-0.1, -0.05) is 18.7 Å². The van der Waals surface area contributed by atoms with Crippen LogP contribution < -0.4 is 14.8 Å². The summed E-state index contributed by atoms with van der Waals surface area (Å²) in [7, 11) is 1.58. The average molecular weight is 531 g/mol. The maximum atomic E-state index is 11.8. The molecular weight excluding hydrogens is 500 g/mol. The quantitative estimate of drug-likeness (QED) is 0.294. The molecule has 1 fully saturated rings. The van der Waals surface area contributed by atoms with Crippen LogP contribution in [0.25, 0.3) is 21.3 Å². The topological polar surface area (TPSA) is 96.8 Å². The van der Waals surface area contributed by atoms with Gasteiger partial charge in [-0.25, -0.2) is 9.97 Å². The highest BCUT2D eigenvalue weighted by Gasteiger charge is 2.32. The first-order chi connectivity index (χ1) is 18.2. The van der Waals surface area contributed by atoms with Crippen molar-refractivity contribution < 1.29 is 19.4 Å². The minimum atomic E-state index is -1.08. The number of aliphatic hydroxyl groups is 1. The van der Waals surface area contributed by atoms with E-state index in [0.717, 1.165) is 27.1 Å². The van der Waals surface area contributed by atoms with Crippen molar-refractivity contribution in [1.82, 2.24) is 14.9 Å². The van der Waals surface area contributed by atoms with Gasteiger partial charge in [0.1, 0.15) is 18.2 Å². The number of thiophene rings is 1. The van der Waals surface area contributed by atoms with Gasteiger partial charge in [0.15, 0.2) is 11.5 Å². The van der Waals surface area contributed by atoms with Crippen molar-refractivity contribution >= 4 is 39.7 Å². The molecule has 5 rings (SSSR count). The van der Waals surface area contributed by atoms with Crippen LogP contribution in [-0.4, -0.2) is 52.2 Å². The fourth-order valence-electron chi connectivity index (χ4n) is 4.46. The maximum Gasteiger partial charge on any atom is 0.246 e. The SMILES string of the molecule is C=CC(=O)N1CC(Oc2cc3c(Nc4cc(-c5cc(C)cs5)ccc4C(C)(C)O)ncnc3cc2OC)C1. The van der Waals surface area contributed by atoms with E-state index >= 15 is 0 Å². The number of nitrogens with zero attached hydrogens (tertiary/aromatic N) is 3. The normalized spacial score (nSPS) is 13.8. The summed E-state index contributed by atoms with van der Waals surface area (Å²) >= 11 is 1.68. The Bertz CT molecular complexity index is 1520. The number of hydrogen-bond donors (Lipinski definition) is 2. The highest BCUT2D eigenvalue weighted by atomic mass is 32.1. The molecule has 1 aliphatic rings. The molecule has 2 aromatic carbocycles. The molecule has 1 saturated heterocycles. The molecule has 1 amide bonds. The first-order valence-corrected chi connectivity index (χ1v) is 13.1. The molecule has 0 unspecified atom stereocenters. The Balaban J connectivity index is 1.52. The zero-order valence-corrected chi connectivity index (χ0v) is 22.6. The highest BCUT2D eigenvalue weighted by Crippen LogP contribution is 2.39. The summed E-state index contributed by atoms with van der Waals surface area (Å²) in [4.78, 5) is 23.6. The van der Waals surface area contributed by atoms with Crippen LogP contribution >= 0.6 is 11.3 Å². The van der Waals surface area contributed by atoms with Gasteiger partial charge in [0.2, 0.25) is 5.91 Å². The van der Waals surface area contributed by atoms with Crippen LogP contribution in [0, 0.1) is 6.92 Å². The molecule has 1 aliphatic heterocycles. The smallest absolute Gasteiger partial charge is 0.246 e. The number of hydrogen-bond acceptors (Lipinski definition) is 8. The predicted octanol–water partition coefficient (Wildman–Crippen LogP) is 5.42. The van der Waals surface area contributed by atoms with E-state index in [1.165, 1.54) is 18.0 Å². The number of carbonyl (C=O) groups is 1. The highest BCUT2D eigenvalue weighted by molar-refractivity contribution is 7.13. The van der Waals surface area contributed by atoms with Crippen molar-refractivity contribution in [3.8, 4) is 21.9 Å². The van der Waals surface area contributed by atoms with E-state index < -0.39 is 5.60 Å². The van der Waals surface area contributed by atoms with Gasteiger partial charge in [-0.15, -0.1) is 11.3 Å². The zero-order chi connectivity index (χ0) is 27.0. The molecule has 2 aromatic heterocycles. The Labute approximate surface area is 225 Å². The molecular formula is C29H30N4O4S. The lowest BCUT2D eigenvalue weighted by molar-refractivity contribution is -0.134. The molecule has 0 spiro atoms. The van der Waals surface area contributed by atoms with Gasteiger partial charge in [0, 0.05) is 27.6 Å². The van der Waals surface area contributed by atoms with E-state index in [-0.39, 0.29) is 12.0 Å². The van der Waals surface area contributed by atoms with Gasteiger partial charge in [-0.3, -0.25) is 4.79 Å². The van der Waals surface area contributed by atoms with E-state index in [2.05, 4.69) is 40.2 Å². The lowest BCUT2D eigenvalue weighted by Gasteiger charge is -2.38. The molecule has 196 valence electrons. The fraction of sp³-hybridized carbons (Fsp3) is 0.276. The second-order valence-corrected chi connectivity index (χ2v) is 10.8. The zero-order valence-electron chi connectivity index (χ0n) is 21.8. The van der Waals surface area contributed by atoms with E-state index in [9.17, 15) is 9.90 Å². The summed E-state index contributed by atoms with van der Waals surface area (Å²) in [6, 6.07) is 11.8. The largest absolute Gasteiger partial charge is 0.493 e. The monoisotopic (exact) mass is 530 g/mol. The number of aryl methyl sites for hydroxylation is 1. The summed E-state index contributed by atoms with van der Waals surface area (Å²) in [5.74, 6) is 1.55. The Morgan fingerprint density at radius 1 is 1.21 bits per heavy atom. The number of aromatic nitrogens is 2. The standard InChI is InChI=1S/C29H30N4O4S/c1-6-27(34)33-13-19(14-33)37-25-11-20-22(12-24(25)36-5)30-16-31-28(20)32-23-10-18(26-9-17(2)15-38-26)7-8-21(23)29(3,4)35/h6-12,15-16,19,35H,1,13-14H2,2-5H3,(H,30,31,32). The summed E-state index contributed by atoms with van der Waals surface area (Å²) < 4.78 is 11.8. The van der Waals surface area contributed by atoms with Gasteiger partial charge >= 0.3 is 0 Å². The molecule has 2 N–H and O–H groups in total. The van der Waals surface area contributed by atoms with Gasteiger partial charge in [0.05, 0.1) is 31.3 Å². The van der Waals surface area contributed by atoms with Crippen LogP contribution in [0.2, 0.25) is 0 Å². The molecule has 9 heteroatoms. The molecule has 0 bridgehead atoms. The van der Waals surface area contributed by atoms with Gasteiger partial charge in [-0.05, 0) is 61.6 Å². The summed E-state index contributed by atoms with van der Waals surface area (Å²) in [5, 5.41) is 17.2. The Morgan fingerprint density at radius 2 is 2.00 bits per heavy atom. The van der Waals surface area contributed by atoms with Gasteiger partial charge in [-0.2, -0.15) is 0 Å². The summed E-state index contributed by atoms with van der Waals surface area (Å²) in [6.45, 7) is 10.1. The minimum Gasteiger partial charge on any atom is -0.493 e. The van der Waals surface area contributed by atoms with Crippen LogP contribution in [0.4, 0.5) is 11.5 Å². The van der Waals surface area contributed by atoms with Crippen molar-refractivity contribution in [2.45, 2.75) is 32.5 Å². The molecule has 4 aromatic rings.